The van der Waals surface area contributed by atoms with Gasteiger partial charge in [0.2, 0.25) is 5.91 Å². The molecule has 3 N–H and O–H groups in total. The second kappa shape index (κ2) is 9.72. The van der Waals surface area contributed by atoms with Gasteiger partial charge in [-0.2, -0.15) is 0 Å². The van der Waals surface area contributed by atoms with Crippen LogP contribution in [0.5, 0.6) is 5.75 Å². The van der Waals surface area contributed by atoms with Crippen LogP contribution in [0.15, 0.2) is 35.5 Å². The number of halogens is 2. The highest BCUT2D eigenvalue weighted by molar-refractivity contribution is 6.30. The summed E-state index contributed by atoms with van der Waals surface area (Å²) >= 11 is 5.78. The summed E-state index contributed by atoms with van der Waals surface area (Å²) in [6.07, 6.45) is 2.49. The van der Waals surface area contributed by atoms with Gasteiger partial charge < -0.3 is 20.7 Å². The molecule has 0 unspecified atom stereocenters. The molecule has 1 fully saturated rings. The number of aliphatic imine (C=N–C) groups is 1. The fourth-order valence-electron chi connectivity index (χ4n) is 3.68. The number of carbonyl (C=O) groups is 2. The molecule has 4 rings (SSSR count). The minimum Gasteiger partial charge on any atom is -0.488 e. The van der Waals surface area contributed by atoms with Gasteiger partial charge in [-0.15, -0.1) is 0 Å². The standard InChI is InChI=1S/C22H23ClFN5O3/c23-17-8-15(1-2-18(17)24)32-12-14-7-20(30)16-3-5-27-19(22(16)28-14)9-26-10-21(31)29-6-4-13(25)11-29/h1-3,5,8,13,26H,4,6-7,9-12,25H2/t13-/m0/s1. The molecule has 2 aromatic rings. The summed E-state index contributed by atoms with van der Waals surface area (Å²) in [5, 5.41) is 3.04. The Morgan fingerprint density at radius 1 is 1.38 bits per heavy atom. The van der Waals surface area contributed by atoms with Crippen LogP contribution < -0.4 is 15.8 Å². The van der Waals surface area contributed by atoms with Crippen molar-refractivity contribution in [2.75, 3.05) is 26.2 Å². The Balaban J connectivity index is 1.41. The summed E-state index contributed by atoms with van der Waals surface area (Å²) in [5.74, 6) is -0.260. The first-order valence-electron chi connectivity index (χ1n) is 10.3. The fourth-order valence-corrected chi connectivity index (χ4v) is 3.86. The lowest BCUT2D eigenvalue weighted by molar-refractivity contribution is -0.129. The number of carbonyl (C=O) groups excluding carboxylic acids is 2. The molecular formula is C22H23ClFN5O3. The van der Waals surface area contributed by atoms with Gasteiger partial charge in [-0.25, -0.2) is 4.39 Å². The van der Waals surface area contributed by atoms with Crippen molar-refractivity contribution in [3.8, 4) is 5.75 Å². The summed E-state index contributed by atoms with van der Waals surface area (Å²) < 4.78 is 18.9. The fraction of sp³-hybridized carbons (Fsp3) is 0.364. The van der Waals surface area contributed by atoms with E-state index in [1.54, 1.807) is 17.2 Å². The van der Waals surface area contributed by atoms with Gasteiger partial charge in [-0.1, -0.05) is 11.6 Å². The number of aromatic nitrogens is 1. The minimum atomic E-state index is -0.535. The third kappa shape index (κ3) is 5.12. The van der Waals surface area contributed by atoms with Crippen LogP contribution in [0.3, 0.4) is 0 Å². The highest BCUT2D eigenvalue weighted by atomic mass is 35.5. The monoisotopic (exact) mass is 459 g/mol. The van der Waals surface area contributed by atoms with E-state index in [1.165, 1.54) is 18.2 Å². The normalized spacial score (nSPS) is 17.8. The molecule has 0 radical (unpaired) electrons. The highest BCUT2D eigenvalue weighted by Gasteiger charge is 2.25. The Morgan fingerprint density at radius 3 is 2.97 bits per heavy atom. The quantitative estimate of drug-likeness (QED) is 0.657. The summed E-state index contributed by atoms with van der Waals surface area (Å²) in [7, 11) is 0. The predicted octanol–water partition coefficient (Wildman–Crippen LogP) is 2.26. The molecule has 10 heteroatoms. The number of hydrogen-bond donors (Lipinski definition) is 2. The number of ether oxygens (including phenoxy) is 1. The van der Waals surface area contributed by atoms with Gasteiger partial charge in [0, 0.05) is 43.5 Å². The van der Waals surface area contributed by atoms with Crippen LogP contribution in [0.2, 0.25) is 5.02 Å². The highest BCUT2D eigenvalue weighted by Crippen LogP contribution is 2.29. The second-order valence-electron chi connectivity index (χ2n) is 7.79. The molecule has 1 aromatic carbocycles. The maximum absolute atomic E-state index is 13.3. The van der Waals surface area contributed by atoms with E-state index in [0.29, 0.717) is 41.5 Å². The zero-order chi connectivity index (χ0) is 22.7. The molecule has 2 aliphatic heterocycles. The SMILES string of the molecule is N[C@H]1CCN(C(=O)CNCc2nccc3c2N=C(COc2ccc(F)c(Cl)c2)CC3=O)C1. The molecule has 1 amide bonds. The van der Waals surface area contributed by atoms with Crippen molar-refractivity contribution in [1.82, 2.24) is 15.2 Å². The lowest BCUT2D eigenvalue weighted by Gasteiger charge is -2.18. The number of likely N-dealkylation sites (tertiary alicyclic amines) is 1. The van der Waals surface area contributed by atoms with E-state index in [-0.39, 0.29) is 48.9 Å². The van der Waals surface area contributed by atoms with Crippen molar-refractivity contribution in [2.24, 2.45) is 10.7 Å². The number of amides is 1. The Morgan fingerprint density at radius 2 is 2.22 bits per heavy atom. The van der Waals surface area contributed by atoms with Crippen molar-refractivity contribution < 1.29 is 18.7 Å². The van der Waals surface area contributed by atoms with E-state index in [4.69, 9.17) is 22.1 Å². The molecule has 1 saturated heterocycles. The van der Waals surface area contributed by atoms with Crippen molar-refractivity contribution in [1.29, 1.82) is 0 Å². The lowest BCUT2D eigenvalue weighted by atomic mass is 10.00. The number of nitrogens with two attached hydrogens (primary N) is 1. The van der Waals surface area contributed by atoms with E-state index in [9.17, 15) is 14.0 Å². The number of ketones is 1. The van der Waals surface area contributed by atoms with E-state index in [1.807, 2.05) is 0 Å². The van der Waals surface area contributed by atoms with Gasteiger partial charge in [0.15, 0.2) is 5.78 Å². The van der Waals surface area contributed by atoms with Crippen LogP contribution in [0, 0.1) is 5.82 Å². The van der Waals surface area contributed by atoms with Crippen LogP contribution in [0.25, 0.3) is 0 Å². The average molecular weight is 460 g/mol. The summed E-state index contributed by atoms with van der Waals surface area (Å²) in [5.41, 5.74) is 7.92. The molecule has 0 bridgehead atoms. The lowest BCUT2D eigenvalue weighted by Crippen LogP contribution is -2.38. The molecule has 2 aliphatic rings. The molecule has 168 valence electrons. The van der Waals surface area contributed by atoms with Gasteiger partial charge in [0.05, 0.1) is 35.1 Å². The number of pyridine rings is 1. The first-order valence-corrected chi connectivity index (χ1v) is 10.7. The van der Waals surface area contributed by atoms with Gasteiger partial charge in [0.25, 0.3) is 0 Å². The van der Waals surface area contributed by atoms with Crippen LogP contribution in [0.4, 0.5) is 10.1 Å². The Bertz CT molecular complexity index is 1080. The van der Waals surface area contributed by atoms with Gasteiger partial charge in [0.1, 0.15) is 18.2 Å². The summed E-state index contributed by atoms with van der Waals surface area (Å²) in [6.45, 7) is 1.73. The van der Waals surface area contributed by atoms with Crippen LogP contribution in [0.1, 0.15) is 28.9 Å². The number of fused-ring (bicyclic) bond motifs is 1. The Hall–Kier alpha value is -2.88. The predicted molar refractivity (Wildman–Crippen MR) is 118 cm³/mol. The topological polar surface area (TPSA) is 110 Å². The smallest absolute Gasteiger partial charge is 0.236 e. The van der Waals surface area contributed by atoms with E-state index in [2.05, 4.69) is 15.3 Å². The third-order valence-electron chi connectivity index (χ3n) is 5.38. The average Bonchev–Trinajstić information content (AvgIpc) is 3.21. The summed E-state index contributed by atoms with van der Waals surface area (Å²) in [4.78, 5) is 35.6. The van der Waals surface area contributed by atoms with Crippen LogP contribution >= 0.6 is 11.6 Å². The van der Waals surface area contributed by atoms with Crippen molar-refractivity contribution in [3.63, 3.8) is 0 Å². The minimum absolute atomic E-state index is 0.0191. The van der Waals surface area contributed by atoms with Crippen LogP contribution in [-0.2, 0) is 11.3 Å². The second-order valence-corrected chi connectivity index (χ2v) is 8.20. The molecule has 32 heavy (non-hydrogen) atoms. The largest absolute Gasteiger partial charge is 0.488 e. The number of nitrogens with zero attached hydrogens (tertiary/aromatic N) is 3. The molecule has 1 atom stereocenters. The number of hydrogen-bond acceptors (Lipinski definition) is 7. The first kappa shape index (κ1) is 22.3. The van der Waals surface area contributed by atoms with E-state index < -0.39 is 5.82 Å². The molecule has 1 aromatic heterocycles. The maximum Gasteiger partial charge on any atom is 0.236 e. The number of Topliss-reactive ketones (excluding diaryl/α,β-unsaturated/α-hetero) is 1. The Labute approximate surface area is 189 Å². The molecule has 0 aliphatic carbocycles. The Kier molecular flexibility index (Phi) is 6.78. The molecular weight excluding hydrogens is 437 g/mol. The molecule has 8 nitrogen and oxygen atoms in total. The van der Waals surface area contributed by atoms with Crippen molar-refractivity contribution in [2.45, 2.75) is 25.4 Å². The summed E-state index contributed by atoms with van der Waals surface area (Å²) in [6, 6.07) is 5.72. The van der Waals surface area contributed by atoms with Gasteiger partial charge in [-0.3, -0.25) is 19.6 Å². The maximum atomic E-state index is 13.3. The van der Waals surface area contributed by atoms with Crippen LogP contribution in [-0.4, -0.2) is 59.6 Å². The molecule has 0 spiro atoms. The number of rotatable bonds is 7. The zero-order valence-corrected chi connectivity index (χ0v) is 18.1. The van der Waals surface area contributed by atoms with E-state index >= 15 is 0 Å². The zero-order valence-electron chi connectivity index (χ0n) is 17.3. The number of nitrogens with one attached hydrogen (secondary N) is 1. The van der Waals surface area contributed by atoms with Crippen molar-refractivity contribution >= 4 is 34.7 Å². The molecule has 0 saturated carbocycles. The van der Waals surface area contributed by atoms with Crippen molar-refractivity contribution in [3.05, 3.63) is 52.6 Å². The van der Waals surface area contributed by atoms with E-state index in [0.717, 1.165) is 6.42 Å². The third-order valence-corrected chi connectivity index (χ3v) is 5.67. The molecule has 3 heterocycles. The van der Waals surface area contributed by atoms with Gasteiger partial charge in [-0.05, 0) is 24.6 Å². The van der Waals surface area contributed by atoms with Gasteiger partial charge >= 0.3 is 0 Å². The first-order chi connectivity index (χ1) is 15.4. The number of benzene rings is 1.